The number of benzene rings is 2. The van der Waals surface area contributed by atoms with Crippen molar-refractivity contribution in [2.45, 2.75) is 57.5 Å². The van der Waals surface area contributed by atoms with Gasteiger partial charge in [0.15, 0.2) is 0 Å². The molecule has 1 amide bonds. The van der Waals surface area contributed by atoms with E-state index >= 15 is 0 Å². The number of amides is 1. The molecule has 0 spiro atoms. The minimum atomic E-state index is -0.228. The van der Waals surface area contributed by atoms with Crippen LogP contribution in [0.3, 0.4) is 0 Å². The smallest absolute Gasteiger partial charge is 0.268 e. The van der Waals surface area contributed by atoms with Gasteiger partial charge in [0.05, 0.1) is 16.8 Å². The van der Waals surface area contributed by atoms with Gasteiger partial charge in [-0.05, 0) is 48.7 Å². The van der Waals surface area contributed by atoms with E-state index in [1.165, 1.54) is 12.8 Å². The van der Waals surface area contributed by atoms with Crippen LogP contribution in [0.5, 0.6) is 5.75 Å². The van der Waals surface area contributed by atoms with E-state index in [0.29, 0.717) is 21.4 Å². The summed E-state index contributed by atoms with van der Waals surface area (Å²) in [6.45, 7) is 2.01. The monoisotopic (exact) mass is 459 g/mol. The van der Waals surface area contributed by atoms with Crippen LogP contribution < -0.4 is 10.3 Å². The molecule has 31 heavy (non-hydrogen) atoms. The first-order chi connectivity index (χ1) is 14.9. The molecule has 1 fully saturated rings. The molecule has 0 saturated heterocycles. The Bertz CT molecular complexity index is 969. The number of aromatic hydroxyl groups is 1. The van der Waals surface area contributed by atoms with Crippen molar-refractivity contribution in [1.82, 2.24) is 5.32 Å². The van der Waals surface area contributed by atoms with E-state index in [9.17, 15) is 9.90 Å². The normalized spacial score (nSPS) is 22.2. The molecule has 2 aliphatic rings. The second kappa shape index (κ2) is 9.49. The highest BCUT2D eigenvalue weighted by Crippen LogP contribution is 2.42. The molecule has 5 nitrogen and oxygen atoms in total. The summed E-state index contributed by atoms with van der Waals surface area (Å²) in [5, 5.41) is 20.5. The first-order valence-corrected chi connectivity index (χ1v) is 11.6. The van der Waals surface area contributed by atoms with E-state index < -0.39 is 0 Å². The van der Waals surface area contributed by atoms with Crippen molar-refractivity contribution in [2.75, 3.05) is 5.01 Å². The minimum Gasteiger partial charge on any atom is -0.508 e. The summed E-state index contributed by atoms with van der Waals surface area (Å²) >= 11 is 12.6. The number of carbonyl (C=O) groups is 1. The molecule has 0 bridgehead atoms. The van der Waals surface area contributed by atoms with Crippen LogP contribution in [-0.4, -0.2) is 22.8 Å². The van der Waals surface area contributed by atoms with Crippen molar-refractivity contribution in [3.05, 3.63) is 58.1 Å². The summed E-state index contributed by atoms with van der Waals surface area (Å²) in [6.07, 6.45) is 6.79. The van der Waals surface area contributed by atoms with Gasteiger partial charge in [0.2, 0.25) is 0 Å². The lowest BCUT2D eigenvalue weighted by molar-refractivity contribution is -0.115. The van der Waals surface area contributed by atoms with Gasteiger partial charge in [0, 0.05) is 17.0 Å². The maximum absolute atomic E-state index is 13.2. The van der Waals surface area contributed by atoms with Crippen molar-refractivity contribution in [2.24, 2.45) is 11.0 Å². The van der Waals surface area contributed by atoms with Crippen LogP contribution in [0.15, 0.2) is 47.6 Å². The Morgan fingerprint density at radius 3 is 2.39 bits per heavy atom. The molecule has 0 radical (unpaired) electrons. The Kier molecular flexibility index (Phi) is 6.73. The van der Waals surface area contributed by atoms with Crippen LogP contribution in [0.4, 0.5) is 5.69 Å². The van der Waals surface area contributed by atoms with Crippen molar-refractivity contribution in [3.63, 3.8) is 0 Å². The zero-order chi connectivity index (χ0) is 22.0. The van der Waals surface area contributed by atoms with E-state index in [1.807, 2.05) is 25.1 Å². The molecule has 2 aromatic carbocycles. The third kappa shape index (κ3) is 4.83. The summed E-state index contributed by atoms with van der Waals surface area (Å²) < 4.78 is 0. The molecule has 7 heteroatoms. The maximum atomic E-state index is 13.2. The molecule has 1 aliphatic heterocycles. The number of carbonyl (C=O) groups excluding carboxylic acids is 1. The van der Waals surface area contributed by atoms with Gasteiger partial charge in [0.1, 0.15) is 11.5 Å². The first kappa shape index (κ1) is 22.0. The first-order valence-electron chi connectivity index (χ1n) is 10.9. The third-order valence-corrected chi connectivity index (χ3v) is 6.74. The molecule has 4 rings (SSSR count). The molecular formula is C24H27Cl2N3O2. The number of nitrogens with one attached hydrogen (secondary N) is 1. The number of hydrogen-bond acceptors (Lipinski definition) is 4. The van der Waals surface area contributed by atoms with Gasteiger partial charge in [-0.1, -0.05) is 67.9 Å². The predicted molar refractivity (Wildman–Crippen MR) is 126 cm³/mol. The lowest BCUT2D eigenvalue weighted by atomic mass is 9.90. The lowest BCUT2D eigenvalue weighted by Crippen LogP contribution is -2.40. The van der Waals surface area contributed by atoms with Crippen LogP contribution in [0.1, 0.15) is 57.1 Å². The molecule has 2 aromatic rings. The number of hydrazone groups is 1. The molecule has 164 valence electrons. The molecule has 1 heterocycles. The predicted octanol–water partition coefficient (Wildman–Crippen LogP) is 6.09. The average Bonchev–Trinajstić information content (AvgIpc) is 2.89. The minimum absolute atomic E-state index is 0.115. The van der Waals surface area contributed by atoms with Gasteiger partial charge >= 0.3 is 0 Å². The molecule has 1 aliphatic carbocycles. The van der Waals surface area contributed by atoms with Gasteiger partial charge in [-0.2, -0.15) is 5.10 Å². The Labute approximate surface area is 193 Å². The number of phenolic OH excluding ortho intramolecular Hbond substituents is 1. The van der Waals surface area contributed by atoms with E-state index in [2.05, 4.69) is 5.32 Å². The van der Waals surface area contributed by atoms with Gasteiger partial charge < -0.3 is 10.4 Å². The van der Waals surface area contributed by atoms with Crippen LogP contribution in [0, 0.1) is 5.92 Å². The van der Waals surface area contributed by atoms with Gasteiger partial charge in [0.25, 0.3) is 5.91 Å². The Balaban J connectivity index is 1.66. The summed E-state index contributed by atoms with van der Waals surface area (Å²) in [5.41, 5.74) is 2.12. The number of rotatable bonds is 4. The fourth-order valence-electron chi connectivity index (χ4n) is 4.54. The largest absolute Gasteiger partial charge is 0.508 e. The summed E-state index contributed by atoms with van der Waals surface area (Å²) in [5.74, 6) is -0.0875. The quantitative estimate of drug-likeness (QED) is 0.543. The maximum Gasteiger partial charge on any atom is 0.268 e. The Morgan fingerprint density at radius 2 is 1.74 bits per heavy atom. The Morgan fingerprint density at radius 1 is 1.06 bits per heavy atom. The highest BCUT2D eigenvalue weighted by atomic mass is 35.5. The second-order valence-electron chi connectivity index (χ2n) is 8.41. The topological polar surface area (TPSA) is 64.9 Å². The highest BCUT2D eigenvalue weighted by molar-refractivity contribution is 6.41. The van der Waals surface area contributed by atoms with Crippen molar-refractivity contribution in [3.8, 4) is 5.75 Å². The van der Waals surface area contributed by atoms with Crippen LogP contribution in [0.25, 0.3) is 0 Å². The summed E-state index contributed by atoms with van der Waals surface area (Å²) in [6, 6.07) is 12.2. The fourth-order valence-corrected chi connectivity index (χ4v) is 5.03. The zero-order valence-electron chi connectivity index (χ0n) is 17.5. The van der Waals surface area contributed by atoms with Gasteiger partial charge in [-0.3, -0.25) is 9.80 Å². The van der Waals surface area contributed by atoms with Gasteiger partial charge in [-0.25, -0.2) is 0 Å². The number of hydrogen-bond donors (Lipinski definition) is 2. The van der Waals surface area contributed by atoms with Crippen LogP contribution in [-0.2, 0) is 4.79 Å². The van der Waals surface area contributed by atoms with Gasteiger partial charge in [-0.15, -0.1) is 0 Å². The van der Waals surface area contributed by atoms with Crippen molar-refractivity contribution in [1.29, 1.82) is 0 Å². The SMILES string of the molecule is C[C@H]1C(C(=O)NC2CCCCCC2)=NN(c2ccc(Cl)cc2Cl)[C@H]1c1ccc(O)cc1. The van der Waals surface area contributed by atoms with E-state index in [4.69, 9.17) is 28.3 Å². The summed E-state index contributed by atoms with van der Waals surface area (Å²) in [4.78, 5) is 13.2. The van der Waals surface area contributed by atoms with Crippen LogP contribution >= 0.6 is 23.2 Å². The fraction of sp³-hybridized carbons (Fsp3) is 0.417. The molecule has 0 aromatic heterocycles. The number of phenols is 1. The van der Waals surface area contributed by atoms with E-state index in [1.54, 1.807) is 29.3 Å². The molecular weight excluding hydrogens is 433 g/mol. The number of anilines is 1. The lowest BCUT2D eigenvalue weighted by Gasteiger charge is -2.27. The zero-order valence-corrected chi connectivity index (χ0v) is 19.0. The van der Waals surface area contributed by atoms with Crippen LogP contribution in [0.2, 0.25) is 10.0 Å². The highest BCUT2D eigenvalue weighted by Gasteiger charge is 2.40. The third-order valence-electron chi connectivity index (χ3n) is 6.20. The molecule has 2 atom stereocenters. The number of halogens is 2. The van der Waals surface area contributed by atoms with E-state index in [0.717, 1.165) is 31.2 Å². The molecule has 2 N–H and O–H groups in total. The Hall–Kier alpha value is -2.24. The molecule has 1 saturated carbocycles. The second-order valence-corrected chi connectivity index (χ2v) is 9.26. The van der Waals surface area contributed by atoms with E-state index in [-0.39, 0.29) is 29.7 Å². The standard InChI is InChI=1S/C24H27Cl2N3O2/c1-15-22(24(31)27-18-6-4-2-3-5-7-18)28-29(21-13-10-17(25)14-20(21)26)23(15)16-8-11-19(30)12-9-16/h8-15,18,23,30H,2-7H2,1H3,(H,27,31)/t15-,23+/m0/s1. The molecule has 0 unspecified atom stereocenters. The van der Waals surface area contributed by atoms with Crippen molar-refractivity contribution < 1.29 is 9.90 Å². The number of nitrogens with zero attached hydrogens (tertiary/aromatic N) is 2. The summed E-state index contributed by atoms with van der Waals surface area (Å²) in [7, 11) is 0. The average molecular weight is 460 g/mol. The van der Waals surface area contributed by atoms with Crippen molar-refractivity contribution >= 4 is 40.5 Å².